The second kappa shape index (κ2) is 4.50. The van der Waals surface area contributed by atoms with Crippen molar-refractivity contribution in [2.24, 2.45) is 0 Å². The van der Waals surface area contributed by atoms with Crippen LogP contribution in [0.4, 0.5) is 0 Å². The molecule has 1 aliphatic rings. The van der Waals surface area contributed by atoms with Gasteiger partial charge in [0.2, 0.25) is 0 Å². The van der Waals surface area contributed by atoms with Crippen LogP contribution in [0, 0.1) is 0 Å². The van der Waals surface area contributed by atoms with Gasteiger partial charge in [-0.2, -0.15) is 0 Å². The minimum absolute atomic E-state index is 0.547. The fourth-order valence-corrected chi connectivity index (χ4v) is 1.85. The van der Waals surface area contributed by atoms with Crippen LogP contribution in [-0.2, 0) is 4.79 Å². The Morgan fingerprint density at radius 1 is 1.55 bits per heavy atom. The van der Waals surface area contributed by atoms with Gasteiger partial charge in [-0.05, 0) is 25.9 Å². The lowest BCUT2D eigenvalue weighted by atomic mass is 10.0. The van der Waals surface area contributed by atoms with Gasteiger partial charge in [-0.15, -0.1) is 0 Å². The minimum atomic E-state index is 0.547. The molecule has 1 saturated heterocycles. The Bertz CT molecular complexity index is 125. The molecule has 0 aromatic carbocycles. The lowest BCUT2D eigenvalue weighted by molar-refractivity contribution is -0.109. The number of hydrogen-bond acceptors (Lipinski definition) is 2. The van der Waals surface area contributed by atoms with E-state index >= 15 is 0 Å². The van der Waals surface area contributed by atoms with Crippen molar-refractivity contribution < 1.29 is 4.79 Å². The second-order valence-corrected chi connectivity index (χ2v) is 3.18. The molecule has 0 N–H and O–H groups in total. The number of carbonyl (C=O) groups is 1. The van der Waals surface area contributed by atoms with Crippen molar-refractivity contribution >= 4 is 6.29 Å². The molecule has 2 heteroatoms. The molecule has 0 aromatic heterocycles. The van der Waals surface area contributed by atoms with Gasteiger partial charge in [-0.1, -0.05) is 13.3 Å². The normalized spacial score (nSPS) is 26.8. The Labute approximate surface area is 68.6 Å². The van der Waals surface area contributed by atoms with E-state index in [-0.39, 0.29) is 0 Å². The molecule has 1 rings (SSSR count). The first-order chi connectivity index (χ1) is 5.38. The highest BCUT2D eigenvalue weighted by Gasteiger charge is 2.19. The van der Waals surface area contributed by atoms with Gasteiger partial charge >= 0.3 is 0 Å². The van der Waals surface area contributed by atoms with Crippen LogP contribution in [-0.4, -0.2) is 30.3 Å². The van der Waals surface area contributed by atoms with Crippen LogP contribution >= 0.6 is 0 Å². The average Bonchev–Trinajstić information content (AvgIpc) is 2.06. The number of nitrogens with zero attached hydrogens (tertiary/aromatic N) is 1. The predicted octanol–water partition coefficient (Wildman–Crippen LogP) is 1.45. The zero-order valence-corrected chi connectivity index (χ0v) is 7.25. The van der Waals surface area contributed by atoms with Gasteiger partial charge in [0.15, 0.2) is 0 Å². The zero-order valence-electron chi connectivity index (χ0n) is 7.25. The summed E-state index contributed by atoms with van der Waals surface area (Å²) in [6.07, 6.45) is 5.61. The molecule has 64 valence electrons. The largest absolute Gasteiger partial charge is 0.303 e. The molecule has 0 amide bonds. The standard InChI is InChI=1S/C9H17NO/c1-2-10-7-4-3-5-9(10)6-8-11/h8-9H,2-7H2,1H3. The van der Waals surface area contributed by atoms with Gasteiger partial charge in [0.1, 0.15) is 6.29 Å². The van der Waals surface area contributed by atoms with E-state index in [1.54, 1.807) is 0 Å². The molecule has 0 spiro atoms. The highest BCUT2D eigenvalue weighted by atomic mass is 16.1. The fraction of sp³-hybridized carbons (Fsp3) is 0.889. The van der Waals surface area contributed by atoms with E-state index in [4.69, 9.17) is 0 Å². The maximum atomic E-state index is 10.3. The SMILES string of the molecule is CCN1CCCCC1CC=O. The molecule has 1 aliphatic heterocycles. The molecular weight excluding hydrogens is 138 g/mol. The summed E-state index contributed by atoms with van der Waals surface area (Å²) in [6, 6.07) is 0.547. The van der Waals surface area contributed by atoms with Gasteiger partial charge in [0.05, 0.1) is 0 Å². The van der Waals surface area contributed by atoms with Crippen LogP contribution in [0.25, 0.3) is 0 Å². The third kappa shape index (κ3) is 2.29. The van der Waals surface area contributed by atoms with Crippen molar-refractivity contribution in [3.8, 4) is 0 Å². The average molecular weight is 155 g/mol. The number of carbonyl (C=O) groups excluding carboxylic acids is 1. The molecule has 0 aromatic rings. The van der Waals surface area contributed by atoms with E-state index in [1.807, 2.05) is 0 Å². The highest BCUT2D eigenvalue weighted by Crippen LogP contribution is 2.17. The van der Waals surface area contributed by atoms with Gasteiger partial charge in [-0.25, -0.2) is 0 Å². The Balaban J connectivity index is 2.37. The van der Waals surface area contributed by atoms with Crippen molar-refractivity contribution in [2.75, 3.05) is 13.1 Å². The molecular formula is C9H17NO. The van der Waals surface area contributed by atoms with Crippen molar-refractivity contribution in [3.63, 3.8) is 0 Å². The van der Waals surface area contributed by atoms with Gasteiger partial charge in [-0.3, -0.25) is 0 Å². The number of hydrogen-bond donors (Lipinski definition) is 0. The van der Waals surface area contributed by atoms with E-state index in [0.29, 0.717) is 6.04 Å². The number of aldehydes is 1. The van der Waals surface area contributed by atoms with Crippen LogP contribution in [0.5, 0.6) is 0 Å². The molecule has 2 nitrogen and oxygen atoms in total. The summed E-state index contributed by atoms with van der Waals surface area (Å²) in [5.41, 5.74) is 0. The third-order valence-electron chi connectivity index (χ3n) is 2.52. The van der Waals surface area contributed by atoms with E-state index < -0.39 is 0 Å². The van der Waals surface area contributed by atoms with Gasteiger partial charge in [0.25, 0.3) is 0 Å². The van der Waals surface area contributed by atoms with E-state index in [9.17, 15) is 4.79 Å². The van der Waals surface area contributed by atoms with Crippen molar-refractivity contribution in [1.82, 2.24) is 4.90 Å². The zero-order chi connectivity index (χ0) is 8.10. The Morgan fingerprint density at radius 2 is 2.36 bits per heavy atom. The van der Waals surface area contributed by atoms with Crippen LogP contribution in [0.1, 0.15) is 32.6 Å². The Hall–Kier alpha value is -0.370. The summed E-state index contributed by atoms with van der Waals surface area (Å²) in [7, 11) is 0. The van der Waals surface area contributed by atoms with Crippen molar-refractivity contribution in [1.29, 1.82) is 0 Å². The topological polar surface area (TPSA) is 20.3 Å². The molecule has 0 bridgehead atoms. The van der Waals surface area contributed by atoms with E-state index in [2.05, 4.69) is 11.8 Å². The minimum Gasteiger partial charge on any atom is -0.303 e. The Morgan fingerprint density at radius 3 is 3.00 bits per heavy atom. The first-order valence-corrected chi connectivity index (χ1v) is 4.56. The van der Waals surface area contributed by atoms with E-state index in [1.165, 1.54) is 25.8 Å². The summed E-state index contributed by atoms with van der Waals surface area (Å²) in [4.78, 5) is 12.7. The smallest absolute Gasteiger partial charge is 0.121 e. The predicted molar refractivity (Wildman–Crippen MR) is 45.6 cm³/mol. The molecule has 1 fully saturated rings. The lowest BCUT2D eigenvalue weighted by Crippen LogP contribution is -2.39. The third-order valence-corrected chi connectivity index (χ3v) is 2.52. The number of rotatable bonds is 3. The molecule has 1 atom stereocenters. The quantitative estimate of drug-likeness (QED) is 0.575. The maximum absolute atomic E-state index is 10.3. The van der Waals surface area contributed by atoms with Crippen LogP contribution in [0.15, 0.2) is 0 Å². The summed E-state index contributed by atoms with van der Waals surface area (Å²) in [5.74, 6) is 0. The van der Waals surface area contributed by atoms with Crippen LogP contribution in [0.2, 0.25) is 0 Å². The molecule has 1 unspecified atom stereocenters. The van der Waals surface area contributed by atoms with Gasteiger partial charge < -0.3 is 9.69 Å². The highest BCUT2D eigenvalue weighted by molar-refractivity contribution is 5.50. The molecule has 0 radical (unpaired) electrons. The molecule has 11 heavy (non-hydrogen) atoms. The van der Waals surface area contributed by atoms with Gasteiger partial charge in [0, 0.05) is 12.5 Å². The van der Waals surface area contributed by atoms with Crippen LogP contribution in [0.3, 0.4) is 0 Å². The van der Waals surface area contributed by atoms with Crippen molar-refractivity contribution in [3.05, 3.63) is 0 Å². The Kier molecular flexibility index (Phi) is 3.57. The lowest BCUT2D eigenvalue weighted by Gasteiger charge is -2.33. The first kappa shape index (κ1) is 8.72. The second-order valence-electron chi connectivity index (χ2n) is 3.18. The van der Waals surface area contributed by atoms with Crippen LogP contribution < -0.4 is 0 Å². The maximum Gasteiger partial charge on any atom is 0.121 e. The molecule has 0 saturated carbocycles. The van der Waals surface area contributed by atoms with Crippen molar-refractivity contribution in [2.45, 2.75) is 38.6 Å². The summed E-state index contributed by atoms with van der Waals surface area (Å²) >= 11 is 0. The van der Waals surface area contributed by atoms with E-state index in [0.717, 1.165) is 19.3 Å². The molecule has 0 aliphatic carbocycles. The first-order valence-electron chi connectivity index (χ1n) is 4.56. The number of piperidine rings is 1. The fourth-order valence-electron chi connectivity index (χ4n) is 1.85. The summed E-state index contributed by atoms with van der Waals surface area (Å²) < 4.78 is 0. The summed E-state index contributed by atoms with van der Waals surface area (Å²) in [6.45, 7) is 4.45. The number of likely N-dealkylation sites (tertiary alicyclic amines) is 1. The molecule has 1 heterocycles. The summed E-state index contributed by atoms with van der Waals surface area (Å²) in [5, 5.41) is 0. The monoisotopic (exact) mass is 155 g/mol.